The molecular weight excluding hydrogens is 306 g/mol. The standard InChI is InChI=1S/C15H17NO3S2/c1-10(16-19)11-3-5-13(6-4-11)21-14-7-12(8-20-14)15(2,18)9-17/h3-8,17-19H,9H2,1-2H3. The lowest BCUT2D eigenvalue weighted by atomic mass is 10.0. The van der Waals surface area contributed by atoms with Crippen LogP contribution in [0, 0.1) is 0 Å². The molecule has 3 N–H and O–H groups in total. The van der Waals surface area contributed by atoms with Gasteiger partial charge < -0.3 is 15.4 Å². The van der Waals surface area contributed by atoms with E-state index in [1.807, 2.05) is 35.7 Å². The van der Waals surface area contributed by atoms with E-state index in [1.54, 1.807) is 25.6 Å². The van der Waals surface area contributed by atoms with Crippen LogP contribution >= 0.6 is 23.1 Å². The maximum Gasteiger partial charge on any atom is 0.111 e. The number of aliphatic hydroxyl groups excluding tert-OH is 1. The quantitative estimate of drug-likeness (QED) is 0.448. The molecule has 2 aromatic rings. The van der Waals surface area contributed by atoms with Crippen molar-refractivity contribution in [3.63, 3.8) is 0 Å². The van der Waals surface area contributed by atoms with Gasteiger partial charge in [-0.15, -0.1) is 11.3 Å². The molecule has 0 spiro atoms. The minimum atomic E-state index is -1.20. The second kappa shape index (κ2) is 6.62. The first-order chi connectivity index (χ1) is 9.96. The number of benzene rings is 1. The van der Waals surface area contributed by atoms with Crippen molar-refractivity contribution in [2.45, 2.75) is 28.6 Å². The van der Waals surface area contributed by atoms with Crippen molar-refractivity contribution in [1.29, 1.82) is 0 Å². The second-order valence-corrected chi connectivity index (χ2v) is 7.18. The van der Waals surface area contributed by atoms with Gasteiger partial charge >= 0.3 is 0 Å². The molecule has 0 saturated heterocycles. The van der Waals surface area contributed by atoms with Gasteiger partial charge in [0, 0.05) is 4.90 Å². The van der Waals surface area contributed by atoms with Crippen molar-refractivity contribution in [2.24, 2.45) is 5.16 Å². The summed E-state index contributed by atoms with van der Waals surface area (Å²) in [4.78, 5) is 1.06. The van der Waals surface area contributed by atoms with Gasteiger partial charge in [-0.25, -0.2) is 0 Å². The topological polar surface area (TPSA) is 73.1 Å². The number of thiophene rings is 1. The first kappa shape index (κ1) is 16.0. The Bertz CT molecular complexity index is 633. The van der Waals surface area contributed by atoms with Crippen LogP contribution in [0.3, 0.4) is 0 Å². The highest BCUT2D eigenvalue weighted by Gasteiger charge is 2.23. The van der Waals surface area contributed by atoms with Gasteiger partial charge in [0.2, 0.25) is 0 Å². The zero-order chi connectivity index (χ0) is 15.5. The largest absolute Gasteiger partial charge is 0.411 e. The lowest BCUT2D eigenvalue weighted by molar-refractivity contribution is -0.00203. The Morgan fingerprint density at radius 1 is 1.33 bits per heavy atom. The fraction of sp³-hybridized carbons (Fsp3) is 0.267. The van der Waals surface area contributed by atoms with E-state index in [2.05, 4.69) is 5.16 Å². The van der Waals surface area contributed by atoms with Crippen molar-refractivity contribution in [2.75, 3.05) is 6.61 Å². The van der Waals surface area contributed by atoms with Crippen LogP contribution in [0.15, 0.2) is 50.0 Å². The summed E-state index contributed by atoms with van der Waals surface area (Å²) in [5, 5.41) is 32.9. The zero-order valence-corrected chi connectivity index (χ0v) is 13.4. The Hall–Kier alpha value is -1.34. The molecule has 1 atom stereocenters. The van der Waals surface area contributed by atoms with Gasteiger partial charge in [-0.1, -0.05) is 29.1 Å². The van der Waals surface area contributed by atoms with Crippen molar-refractivity contribution < 1.29 is 15.4 Å². The monoisotopic (exact) mass is 323 g/mol. The van der Waals surface area contributed by atoms with Crippen LogP contribution in [0.1, 0.15) is 25.0 Å². The van der Waals surface area contributed by atoms with Gasteiger partial charge in [0.15, 0.2) is 0 Å². The van der Waals surface area contributed by atoms with Crippen molar-refractivity contribution in [3.8, 4) is 0 Å². The molecule has 0 bridgehead atoms. The first-order valence-corrected chi connectivity index (χ1v) is 8.05. The third-order valence-corrected chi connectivity index (χ3v) is 5.23. The molecular formula is C15H17NO3S2. The third kappa shape index (κ3) is 3.85. The first-order valence-electron chi connectivity index (χ1n) is 6.35. The van der Waals surface area contributed by atoms with E-state index in [9.17, 15) is 5.11 Å². The molecule has 0 aliphatic rings. The van der Waals surface area contributed by atoms with Gasteiger partial charge in [0.1, 0.15) is 5.60 Å². The van der Waals surface area contributed by atoms with Crippen molar-refractivity contribution in [1.82, 2.24) is 0 Å². The van der Waals surface area contributed by atoms with E-state index in [0.717, 1.165) is 20.2 Å². The average Bonchev–Trinajstić information content (AvgIpc) is 2.96. The number of oxime groups is 1. The summed E-state index contributed by atoms with van der Waals surface area (Å²) in [6.45, 7) is 3.03. The van der Waals surface area contributed by atoms with Crippen LogP contribution in [0.4, 0.5) is 0 Å². The van der Waals surface area contributed by atoms with Crippen LogP contribution in [-0.4, -0.2) is 27.7 Å². The van der Waals surface area contributed by atoms with Crippen molar-refractivity contribution in [3.05, 3.63) is 46.8 Å². The maximum atomic E-state index is 10.0. The highest BCUT2D eigenvalue weighted by molar-refractivity contribution is 8.01. The Labute approximate surface area is 131 Å². The summed E-state index contributed by atoms with van der Waals surface area (Å²) in [5.74, 6) is 0. The second-order valence-electron chi connectivity index (χ2n) is 4.90. The molecule has 2 rings (SSSR count). The highest BCUT2D eigenvalue weighted by atomic mass is 32.2. The Kier molecular flexibility index (Phi) is 5.05. The van der Waals surface area contributed by atoms with Crippen LogP contribution in [0.5, 0.6) is 0 Å². The molecule has 1 aromatic carbocycles. The van der Waals surface area contributed by atoms with E-state index < -0.39 is 5.60 Å². The normalized spacial score (nSPS) is 15.0. The lowest BCUT2D eigenvalue weighted by Gasteiger charge is -2.18. The molecule has 21 heavy (non-hydrogen) atoms. The van der Waals surface area contributed by atoms with Gasteiger partial charge in [-0.2, -0.15) is 0 Å². The predicted molar refractivity (Wildman–Crippen MR) is 85.5 cm³/mol. The van der Waals surface area contributed by atoms with E-state index >= 15 is 0 Å². The Morgan fingerprint density at radius 3 is 2.57 bits per heavy atom. The van der Waals surface area contributed by atoms with Crippen LogP contribution in [0.2, 0.25) is 0 Å². The molecule has 6 heteroatoms. The van der Waals surface area contributed by atoms with Crippen LogP contribution in [-0.2, 0) is 5.60 Å². The van der Waals surface area contributed by atoms with E-state index in [1.165, 1.54) is 11.3 Å². The maximum absolute atomic E-state index is 10.0. The molecule has 0 aliphatic carbocycles. The predicted octanol–water partition coefficient (Wildman–Crippen LogP) is 3.30. The molecule has 1 heterocycles. The zero-order valence-electron chi connectivity index (χ0n) is 11.8. The fourth-order valence-corrected chi connectivity index (χ4v) is 3.76. The molecule has 0 saturated carbocycles. The third-order valence-electron chi connectivity index (χ3n) is 3.15. The minimum absolute atomic E-state index is 0.303. The Morgan fingerprint density at radius 2 is 2.00 bits per heavy atom. The SMILES string of the molecule is CC(=NO)c1ccc(Sc2cc(C(C)(O)CO)cs2)cc1. The summed E-state index contributed by atoms with van der Waals surface area (Å²) in [7, 11) is 0. The summed E-state index contributed by atoms with van der Waals surface area (Å²) < 4.78 is 1.04. The molecule has 0 aliphatic heterocycles. The van der Waals surface area contributed by atoms with E-state index in [-0.39, 0.29) is 6.61 Å². The molecule has 0 radical (unpaired) electrons. The number of hydrogen-bond acceptors (Lipinski definition) is 6. The molecule has 1 unspecified atom stereocenters. The highest BCUT2D eigenvalue weighted by Crippen LogP contribution is 2.36. The molecule has 0 fully saturated rings. The number of aliphatic hydroxyl groups is 2. The summed E-state index contributed by atoms with van der Waals surface area (Å²) >= 11 is 3.12. The summed E-state index contributed by atoms with van der Waals surface area (Å²) in [5.41, 5.74) is 0.965. The van der Waals surface area contributed by atoms with E-state index in [0.29, 0.717) is 5.71 Å². The fourth-order valence-electron chi connectivity index (χ4n) is 1.68. The summed E-state index contributed by atoms with van der Waals surface area (Å²) in [6, 6.07) is 9.60. The van der Waals surface area contributed by atoms with E-state index in [4.69, 9.17) is 10.3 Å². The number of nitrogens with zero attached hydrogens (tertiary/aromatic N) is 1. The minimum Gasteiger partial charge on any atom is -0.411 e. The van der Waals surface area contributed by atoms with Gasteiger partial charge in [-0.05, 0) is 48.6 Å². The van der Waals surface area contributed by atoms with Gasteiger partial charge in [0.05, 0.1) is 16.5 Å². The lowest BCUT2D eigenvalue weighted by Crippen LogP contribution is -2.24. The summed E-state index contributed by atoms with van der Waals surface area (Å²) in [6.07, 6.45) is 0. The average molecular weight is 323 g/mol. The van der Waals surface area contributed by atoms with Crippen LogP contribution < -0.4 is 0 Å². The Balaban J connectivity index is 2.12. The molecule has 4 nitrogen and oxygen atoms in total. The molecule has 0 amide bonds. The molecule has 1 aromatic heterocycles. The van der Waals surface area contributed by atoms with Crippen molar-refractivity contribution >= 4 is 28.8 Å². The van der Waals surface area contributed by atoms with Gasteiger partial charge in [0.25, 0.3) is 0 Å². The smallest absolute Gasteiger partial charge is 0.111 e. The molecule has 112 valence electrons. The van der Waals surface area contributed by atoms with Crippen LogP contribution in [0.25, 0.3) is 0 Å². The number of hydrogen-bond donors (Lipinski definition) is 3. The van der Waals surface area contributed by atoms with Gasteiger partial charge in [-0.3, -0.25) is 0 Å². The number of rotatable bonds is 5.